The van der Waals surface area contributed by atoms with E-state index in [4.69, 9.17) is 10.5 Å². The number of nitrogens with two attached hydrogens (primary N) is 1. The normalized spacial score (nSPS) is 26.8. The van der Waals surface area contributed by atoms with Crippen LogP contribution in [0.5, 0.6) is 0 Å². The van der Waals surface area contributed by atoms with Gasteiger partial charge in [-0.25, -0.2) is 0 Å². The van der Waals surface area contributed by atoms with Crippen molar-refractivity contribution < 1.29 is 14.3 Å². The summed E-state index contributed by atoms with van der Waals surface area (Å²) in [6.07, 6.45) is 4.48. The van der Waals surface area contributed by atoms with Crippen LogP contribution in [-0.4, -0.2) is 67.6 Å². The topological polar surface area (TPSA) is 75.9 Å². The number of ether oxygens (including phenoxy) is 1. The maximum Gasteiger partial charge on any atom is 0.248 e. The maximum absolute atomic E-state index is 12.2. The molecule has 1 saturated heterocycles. The molecular formula is C13H21N3O3. The number of rotatable bonds is 3. The predicted molar refractivity (Wildman–Crippen MR) is 70.3 cm³/mol. The average Bonchev–Trinajstić information content (AvgIpc) is 2.85. The van der Waals surface area contributed by atoms with Gasteiger partial charge in [-0.05, 0) is 6.42 Å². The van der Waals surface area contributed by atoms with Gasteiger partial charge < -0.3 is 20.3 Å². The lowest BCUT2D eigenvalue weighted by molar-refractivity contribution is -0.143. The molecule has 1 fully saturated rings. The summed E-state index contributed by atoms with van der Waals surface area (Å²) in [6, 6.07) is -0.00137. The monoisotopic (exact) mass is 267 g/mol. The highest BCUT2D eigenvalue weighted by Crippen LogP contribution is 2.19. The van der Waals surface area contributed by atoms with Crippen LogP contribution in [0.3, 0.4) is 0 Å². The summed E-state index contributed by atoms with van der Waals surface area (Å²) in [6.45, 7) is 2.45. The van der Waals surface area contributed by atoms with Crippen LogP contribution in [0.25, 0.3) is 0 Å². The number of methoxy groups -OCH3 is 1. The number of amides is 2. The fourth-order valence-corrected chi connectivity index (χ4v) is 2.54. The van der Waals surface area contributed by atoms with Crippen molar-refractivity contribution in [2.24, 2.45) is 11.7 Å². The van der Waals surface area contributed by atoms with E-state index in [9.17, 15) is 9.59 Å². The van der Waals surface area contributed by atoms with E-state index in [0.29, 0.717) is 32.6 Å². The number of carbonyl (C=O) groups excluding carboxylic acids is 2. The van der Waals surface area contributed by atoms with Crippen LogP contribution < -0.4 is 5.73 Å². The Hall–Kier alpha value is -1.40. The van der Waals surface area contributed by atoms with Crippen molar-refractivity contribution in [2.75, 3.05) is 39.9 Å². The van der Waals surface area contributed by atoms with E-state index >= 15 is 0 Å². The SMILES string of the molecule is COCC(=O)N1CCN(C(=O)C2C=CC(N)C2)CC1. The molecule has 2 N–H and O–H groups in total. The third-order valence-electron chi connectivity index (χ3n) is 3.65. The molecule has 1 aliphatic carbocycles. The van der Waals surface area contributed by atoms with Gasteiger partial charge >= 0.3 is 0 Å². The van der Waals surface area contributed by atoms with E-state index in [1.807, 2.05) is 17.1 Å². The third kappa shape index (κ3) is 3.33. The van der Waals surface area contributed by atoms with Crippen LogP contribution in [0.15, 0.2) is 12.2 Å². The molecule has 2 aliphatic rings. The summed E-state index contributed by atoms with van der Waals surface area (Å²) in [5.74, 6) is 0.0247. The zero-order valence-corrected chi connectivity index (χ0v) is 11.2. The third-order valence-corrected chi connectivity index (χ3v) is 3.65. The molecule has 0 radical (unpaired) electrons. The van der Waals surface area contributed by atoms with Crippen LogP contribution in [0.4, 0.5) is 0 Å². The largest absolute Gasteiger partial charge is 0.375 e. The molecule has 0 aromatic rings. The van der Waals surface area contributed by atoms with Gasteiger partial charge in [0.05, 0.1) is 5.92 Å². The molecule has 0 saturated carbocycles. The van der Waals surface area contributed by atoms with E-state index < -0.39 is 0 Å². The van der Waals surface area contributed by atoms with Crippen molar-refractivity contribution in [1.29, 1.82) is 0 Å². The highest BCUT2D eigenvalue weighted by atomic mass is 16.5. The second kappa shape index (κ2) is 6.16. The van der Waals surface area contributed by atoms with Crippen LogP contribution in [-0.2, 0) is 14.3 Å². The van der Waals surface area contributed by atoms with Gasteiger partial charge in [0.15, 0.2) is 0 Å². The molecule has 0 aromatic carbocycles. The molecule has 19 heavy (non-hydrogen) atoms. The first-order valence-corrected chi connectivity index (χ1v) is 6.61. The van der Waals surface area contributed by atoms with Gasteiger partial charge in [-0.1, -0.05) is 12.2 Å². The maximum atomic E-state index is 12.2. The Labute approximate surface area is 113 Å². The van der Waals surface area contributed by atoms with Gasteiger partial charge in [0.25, 0.3) is 0 Å². The summed E-state index contributed by atoms with van der Waals surface area (Å²) in [5.41, 5.74) is 5.76. The predicted octanol–water partition coefficient (Wildman–Crippen LogP) is -0.793. The highest BCUT2D eigenvalue weighted by Gasteiger charge is 2.30. The quantitative estimate of drug-likeness (QED) is 0.680. The summed E-state index contributed by atoms with van der Waals surface area (Å²) in [4.78, 5) is 27.4. The molecule has 1 heterocycles. The van der Waals surface area contributed by atoms with Crippen LogP contribution in [0.1, 0.15) is 6.42 Å². The molecule has 6 heteroatoms. The molecule has 2 atom stereocenters. The van der Waals surface area contributed by atoms with Crippen LogP contribution in [0, 0.1) is 5.92 Å². The second-order valence-corrected chi connectivity index (χ2v) is 5.03. The van der Waals surface area contributed by atoms with E-state index in [2.05, 4.69) is 0 Å². The number of carbonyl (C=O) groups is 2. The first-order chi connectivity index (χ1) is 9.11. The van der Waals surface area contributed by atoms with Crippen molar-refractivity contribution in [1.82, 2.24) is 9.80 Å². The Morgan fingerprint density at radius 2 is 1.84 bits per heavy atom. The molecule has 0 spiro atoms. The van der Waals surface area contributed by atoms with Crippen molar-refractivity contribution in [3.63, 3.8) is 0 Å². The van der Waals surface area contributed by atoms with Crippen molar-refractivity contribution in [3.8, 4) is 0 Å². The van der Waals surface area contributed by atoms with Crippen LogP contribution in [0.2, 0.25) is 0 Å². The zero-order chi connectivity index (χ0) is 13.8. The van der Waals surface area contributed by atoms with Gasteiger partial charge in [0.2, 0.25) is 11.8 Å². The molecule has 106 valence electrons. The Morgan fingerprint density at radius 1 is 1.21 bits per heavy atom. The standard InChI is InChI=1S/C13H21N3O3/c1-19-9-12(17)15-4-6-16(7-5-15)13(18)10-2-3-11(14)8-10/h2-3,10-11H,4-9,14H2,1H3. The zero-order valence-electron chi connectivity index (χ0n) is 11.2. The number of nitrogens with zero attached hydrogens (tertiary/aromatic N) is 2. The minimum Gasteiger partial charge on any atom is -0.375 e. The lowest BCUT2D eigenvalue weighted by atomic mass is 10.1. The fraction of sp³-hybridized carbons (Fsp3) is 0.692. The molecule has 2 amide bonds. The first kappa shape index (κ1) is 14.0. The molecule has 0 aromatic heterocycles. The number of hydrogen-bond donors (Lipinski definition) is 1. The van der Waals surface area contributed by atoms with Crippen LogP contribution >= 0.6 is 0 Å². The Bertz CT molecular complexity index is 375. The van der Waals surface area contributed by atoms with Gasteiger partial charge in [0.1, 0.15) is 6.61 Å². The Balaban J connectivity index is 1.81. The van der Waals surface area contributed by atoms with E-state index in [1.54, 1.807) is 4.90 Å². The van der Waals surface area contributed by atoms with Crippen molar-refractivity contribution in [2.45, 2.75) is 12.5 Å². The summed E-state index contributed by atoms with van der Waals surface area (Å²) in [7, 11) is 1.51. The second-order valence-electron chi connectivity index (χ2n) is 5.03. The molecular weight excluding hydrogens is 246 g/mol. The molecule has 2 rings (SSSR count). The number of hydrogen-bond acceptors (Lipinski definition) is 4. The lowest BCUT2D eigenvalue weighted by Gasteiger charge is -2.35. The lowest BCUT2D eigenvalue weighted by Crippen LogP contribution is -2.52. The smallest absolute Gasteiger partial charge is 0.248 e. The minimum atomic E-state index is -0.0868. The highest BCUT2D eigenvalue weighted by molar-refractivity contribution is 5.82. The van der Waals surface area contributed by atoms with Crippen molar-refractivity contribution >= 4 is 11.8 Å². The van der Waals surface area contributed by atoms with E-state index in [0.717, 1.165) is 0 Å². The number of piperazine rings is 1. The summed E-state index contributed by atoms with van der Waals surface area (Å²) < 4.78 is 4.83. The van der Waals surface area contributed by atoms with Gasteiger partial charge in [-0.2, -0.15) is 0 Å². The fourth-order valence-electron chi connectivity index (χ4n) is 2.54. The summed E-state index contributed by atoms with van der Waals surface area (Å²) in [5, 5.41) is 0. The van der Waals surface area contributed by atoms with Gasteiger partial charge in [-0.15, -0.1) is 0 Å². The molecule has 6 nitrogen and oxygen atoms in total. The first-order valence-electron chi connectivity index (χ1n) is 6.61. The van der Waals surface area contributed by atoms with Gasteiger partial charge in [0, 0.05) is 39.3 Å². The van der Waals surface area contributed by atoms with E-state index in [1.165, 1.54) is 7.11 Å². The van der Waals surface area contributed by atoms with Gasteiger partial charge in [-0.3, -0.25) is 9.59 Å². The Kier molecular flexibility index (Phi) is 4.55. The molecule has 2 unspecified atom stereocenters. The van der Waals surface area contributed by atoms with Crippen molar-refractivity contribution in [3.05, 3.63) is 12.2 Å². The summed E-state index contributed by atoms with van der Waals surface area (Å²) >= 11 is 0. The molecule has 0 bridgehead atoms. The average molecular weight is 267 g/mol. The minimum absolute atomic E-state index is 0.00137. The Morgan fingerprint density at radius 3 is 2.37 bits per heavy atom. The van der Waals surface area contributed by atoms with E-state index in [-0.39, 0.29) is 30.4 Å². The molecule has 1 aliphatic heterocycles.